The molecule has 0 radical (unpaired) electrons. The van der Waals surface area contributed by atoms with E-state index in [9.17, 15) is 0 Å². The zero-order valence-electron chi connectivity index (χ0n) is 22.6. The van der Waals surface area contributed by atoms with E-state index >= 15 is 0 Å². The molecule has 1 aromatic rings. The molecule has 0 aliphatic carbocycles. The van der Waals surface area contributed by atoms with Gasteiger partial charge >= 0.3 is 0 Å². The number of para-hydroxylation sites is 1. The van der Waals surface area contributed by atoms with E-state index < -0.39 is 0 Å². The molecule has 1 N–H and O–H groups in total. The lowest BCUT2D eigenvalue weighted by Gasteiger charge is -2.35. The number of anilines is 1. The van der Waals surface area contributed by atoms with Gasteiger partial charge in [-0.15, -0.1) is 0 Å². The average Bonchev–Trinajstić information content (AvgIpc) is 2.87. The van der Waals surface area contributed by atoms with E-state index in [-0.39, 0.29) is 6.29 Å². The van der Waals surface area contributed by atoms with Crippen LogP contribution in [0.4, 0.5) is 5.69 Å². The number of aliphatic imine (C=N–C) groups is 2. The summed E-state index contributed by atoms with van der Waals surface area (Å²) < 4.78 is 0. The number of unbranched alkanes of at least 4 members (excludes halogenated alkanes) is 11. The summed E-state index contributed by atoms with van der Waals surface area (Å²) in [5, 5.41) is 5.78. The summed E-state index contributed by atoms with van der Waals surface area (Å²) in [7, 11) is 0. The summed E-state index contributed by atoms with van der Waals surface area (Å²) in [5.74, 6) is 2.25. The van der Waals surface area contributed by atoms with Gasteiger partial charge in [-0.05, 0) is 31.4 Å². The Morgan fingerprint density at radius 1 is 0.714 bits per heavy atom. The van der Waals surface area contributed by atoms with Crippen molar-refractivity contribution in [2.45, 2.75) is 117 Å². The number of amidine groups is 2. The van der Waals surface area contributed by atoms with Crippen LogP contribution in [0, 0.1) is 0 Å². The van der Waals surface area contributed by atoms with Crippen molar-refractivity contribution >= 4 is 39.5 Å². The first-order valence-corrected chi connectivity index (χ1v) is 16.3. The standard InChI is InChI=1S/C29H50N4S2/c1-4-7-10-12-14-19-24-34-28-31-27(30-26-21-17-16-18-22-26)33(23-9-6-3)29(32-28)35-25-20-15-13-11-8-5-2/h16-18,21-22,27,30H,4-15,19-20,23-25H2,1-3H3. The van der Waals surface area contributed by atoms with Crippen LogP contribution in [0.25, 0.3) is 0 Å². The van der Waals surface area contributed by atoms with Crippen LogP contribution in [0.1, 0.15) is 111 Å². The van der Waals surface area contributed by atoms with Crippen LogP contribution in [0.15, 0.2) is 40.3 Å². The lowest BCUT2D eigenvalue weighted by Crippen LogP contribution is -2.46. The number of nitrogens with one attached hydrogen (secondary N) is 1. The first-order valence-electron chi connectivity index (χ1n) is 14.3. The maximum atomic E-state index is 5.08. The molecule has 0 spiro atoms. The normalized spacial score (nSPS) is 15.7. The van der Waals surface area contributed by atoms with E-state index in [2.05, 4.69) is 61.3 Å². The van der Waals surface area contributed by atoms with Crippen molar-refractivity contribution in [3.8, 4) is 0 Å². The highest BCUT2D eigenvalue weighted by Crippen LogP contribution is 2.25. The molecule has 0 amide bonds. The molecule has 0 saturated carbocycles. The van der Waals surface area contributed by atoms with Crippen LogP contribution < -0.4 is 5.32 Å². The largest absolute Gasteiger partial charge is 0.347 e. The number of nitrogens with zero attached hydrogens (tertiary/aromatic N) is 3. The van der Waals surface area contributed by atoms with Crippen molar-refractivity contribution in [1.82, 2.24) is 4.90 Å². The van der Waals surface area contributed by atoms with Crippen LogP contribution in [0.5, 0.6) is 0 Å². The summed E-state index contributed by atoms with van der Waals surface area (Å²) in [5.41, 5.74) is 1.12. The zero-order chi connectivity index (χ0) is 25.0. The molecular weight excluding hydrogens is 468 g/mol. The van der Waals surface area contributed by atoms with Gasteiger partial charge in [-0.1, -0.05) is 133 Å². The fourth-order valence-electron chi connectivity index (χ4n) is 4.07. The quantitative estimate of drug-likeness (QED) is 0.185. The van der Waals surface area contributed by atoms with Gasteiger partial charge in [0, 0.05) is 23.7 Å². The summed E-state index contributed by atoms with van der Waals surface area (Å²) in [6.45, 7) is 7.81. The Balaban J connectivity index is 2.00. The zero-order valence-corrected chi connectivity index (χ0v) is 24.3. The Labute approximate surface area is 224 Å². The predicted molar refractivity (Wildman–Crippen MR) is 162 cm³/mol. The molecular formula is C29H50N4S2. The van der Waals surface area contributed by atoms with Crippen molar-refractivity contribution in [3.05, 3.63) is 30.3 Å². The van der Waals surface area contributed by atoms with Gasteiger partial charge in [0.2, 0.25) is 6.29 Å². The van der Waals surface area contributed by atoms with Gasteiger partial charge in [-0.3, -0.25) is 0 Å². The summed E-state index contributed by atoms with van der Waals surface area (Å²) in [6, 6.07) is 10.5. The third-order valence-electron chi connectivity index (χ3n) is 6.25. The molecule has 1 aliphatic heterocycles. The molecule has 0 bridgehead atoms. The Morgan fingerprint density at radius 2 is 1.29 bits per heavy atom. The SMILES string of the molecule is CCCCCCCCSC1=NC(Nc2ccccc2)N(CCCC)C(SCCCCCCCC)=N1. The lowest BCUT2D eigenvalue weighted by atomic mass is 10.1. The van der Waals surface area contributed by atoms with Crippen LogP contribution in [-0.4, -0.2) is 39.6 Å². The topological polar surface area (TPSA) is 40.0 Å². The minimum Gasteiger partial charge on any atom is -0.347 e. The Hall–Kier alpha value is -1.14. The highest BCUT2D eigenvalue weighted by Gasteiger charge is 2.26. The molecule has 0 saturated heterocycles. The number of thioether (sulfide) groups is 2. The van der Waals surface area contributed by atoms with Crippen molar-refractivity contribution < 1.29 is 0 Å². The third kappa shape index (κ3) is 13.1. The smallest absolute Gasteiger partial charge is 0.201 e. The Kier molecular flexibility index (Phi) is 17.2. The highest BCUT2D eigenvalue weighted by molar-refractivity contribution is 8.15. The molecule has 4 nitrogen and oxygen atoms in total. The number of benzene rings is 1. The van der Waals surface area contributed by atoms with E-state index in [1.165, 1.54) is 83.5 Å². The fraction of sp³-hybridized carbons (Fsp3) is 0.724. The van der Waals surface area contributed by atoms with E-state index in [0.717, 1.165) is 40.5 Å². The van der Waals surface area contributed by atoms with Crippen molar-refractivity contribution in [3.63, 3.8) is 0 Å². The van der Waals surface area contributed by atoms with Gasteiger partial charge in [-0.2, -0.15) is 4.99 Å². The molecule has 1 heterocycles. The third-order valence-corrected chi connectivity index (χ3v) is 8.27. The maximum absolute atomic E-state index is 5.08. The van der Waals surface area contributed by atoms with E-state index in [0.29, 0.717) is 0 Å². The van der Waals surface area contributed by atoms with Gasteiger partial charge < -0.3 is 10.2 Å². The Bertz CT molecular complexity index is 708. The predicted octanol–water partition coefficient (Wildman–Crippen LogP) is 9.40. The lowest BCUT2D eigenvalue weighted by molar-refractivity contribution is 0.343. The second-order valence-corrected chi connectivity index (χ2v) is 11.6. The van der Waals surface area contributed by atoms with Crippen LogP contribution in [-0.2, 0) is 0 Å². The molecule has 1 unspecified atom stereocenters. The number of hydrogen-bond acceptors (Lipinski definition) is 6. The molecule has 1 atom stereocenters. The molecule has 1 aromatic carbocycles. The van der Waals surface area contributed by atoms with E-state index in [1.54, 1.807) is 0 Å². The van der Waals surface area contributed by atoms with Gasteiger partial charge in [-0.25, -0.2) is 4.99 Å². The van der Waals surface area contributed by atoms with Crippen molar-refractivity contribution in [1.29, 1.82) is 0 Å². The van der Waals surface area contributed by atoms with Crippen LogP contribution in [0.2, 0.25) is 0 Å². The Morgan fingerprint density at radius 3 is 1.91 bits per heavy atom. The van der Waals surface area contributed by atoms with Crippen molar-refractivity contribution in [2.75, 3.05) is 23.4 Å². The van der Waals surface area contributed by atoms with Crippen LogP contribution in [0.3, 0.4) is 0 Å². The minimum absolute atomic E-state index is 0.0828. The van der Waals surface area contributed by atoms with E-state index in [4.69, 9.17) is 9.98 Å². The first kappa shape index (κ1) is 30.1. The van der Waals surface area contributed by atoms with Gasteiger partial charge in [0.1, 0.15) is 0 Å². The molecule has 1 aliphatic rings. The average molecular weight is 519 g/mol. The summed E-state index contributed by atoms with van der Waals surface area (Å²) >= 11 is 3.77. The van der Waals surface area contributed by atoms with Gasteiger partial charge in [0.15, 0.2) is 10.3 Å². The first-order chi connectivity index (χ1) is 17.3. The molecule has 35 heavy (non-hydrogen) atoms. The summed E-state index contributed by atoms with van der Waals surface area (Å²) in [6.07, 6.45) is 18.2. The molecule has 0 aromatic heterocycles. The molecule has 2 rings (SSSR count). The van der Waals surface area contributed by atoms with E-state index in [1.807, 2.05) is 23.5 Å². The highest BCUT2D eigenvalue weighted by atomic mass is 32.2. The second kappa shape index (κ2) is 20.0. The second-order valence-electron chi connectivity index (χ2n) is 9.47. The minimum atomic E-state index is -0.0828. The fourth-order valence-corrected chi connectivity index (χ4v) is 6.02. The monoisotopic (exact) mass is 518 g/mol. The molecule has 6 heteroatoms. The van der Waals surface area contributed by atoms with Crippen molar-refractivity contribution in [2.24, 2.45) is 9.98 Å². The summed E-state index contributed by atoms with van der Waals surface area (Å²) in [4.78, 5) is 12.6. The van der Waals surface area contributed by atoms with Gasteiger partial charge in [0.05, 0.1) is 0 Å². The van der Waals surface area contributed by atoms with Gasteiger partial charge in [0.25, 0.3) is 0 Å². The molecule has 198 valence electrons. The maximum Gasteiger partial charge on any atom is 0.201 e. The number of hydrogen-bond donors (Lipinski definition) is 1. The molecule has 0 fully saturated rings. The number of rotatable bonds is 19. The van der Waals surface area contributed by atoms with Crippen LogP contribution >= 0.6 is 23.5 Å².